The van der Waals surface area contributed by atoms with Crippen molar-refractivity contribution in [2.24, 2.45) is 0 Å². The molecule has 2 saturated carbocycles. The highest BCUT2D eigenvalue weighted by molar-refractivity contribution is 5.76. The number of nitrogens with zero attached hydrogens (tertiary/aromatic N) is 5. The average Bonchev–Trinajstić information content (AvgIpc) is 3.50. The van der Waals surface area contributed by atoms with Crippen LogP contribution in [-0.2, 0) is 12.7 Å². The summed E-state index contributed by atoms with van der Waals surface area (Å²) < 4.78 is 57.7. The Bertz CT molecular complexity index is 1880. The highest BCUT2D eigenvalue weighted by Gasteiger charge is 2.36. The summed E-state index contributed by atoms with van der Waals surface area (Å²) in [5.41, 5.74) is 1.86. The second-order valence-corrected chi connectivity index (χ2v) is 11.4. The van der Waals surface area contributed by atoms with E-state index in [4.69, 9.17) is 4.98 Å². The number of benzene rings is 1. The SMILES string of the molecule is CC1(NCc2cc3ncn(-c4cc(-c5ccc(F)cc5-n5nccc5C(F)(F)F)cc(C5CC5)n4)c(=O)c3[nH]2)CCC1. The Kier molecular flexibility index (Phi) is 6.08. The number of aromatic nitrogens is 6. The van der Waals surface area contributed by atoms with Gasteiger partial charge in [-0.25, -0.2) is 23.6 Å². The normalized spacial score (nSPS) is 16.6. The number of hydrogen-bond donors (Lipinski definition) is 2. The summed E-state index contributed by atoms with van der Waals surface area (Å²) in [6, 6.07) is 9.71. The minimum Gasteiger partial charge on any atom is -0.351 e. The summed E-state index contributed by atoms with van der Waals surface area (Å²) in [6.45, 7) is 2.76. The first kappa shape index (κ1) is 26.6. The zero-order valence-corrected chi connectivity index (χ0v) is 22.7. The molecular formula is C30H27F4N7O. The number of rotatable bonds is 7. The Morgan fingerprint density at radius 3 is 2.64 bits per heavy atom. The first-order valence-corrected chi connectivity index (χ1v) is 13.9. The third-order valence-electron chi connectivity index (χ3n) is 8.27. The number of aromatic amines is 1. The van der Waals surface area contributed by atoms with Gasteiger partial charge in [-0.15, -0.1) is 0 Å². The van der Waals surface area contributed by atoms with Crippen LogP contribution in [0.15, 0.2) is 59.8 Å². The minimum atomic E-state index is -4.70. The molecule has 216 valence electrons. The standard InChI is InChI=1S/C30H27F4N7O/c1-29(8-2-9-29)36-15-20-14-23-27(38-20)28(42)40(16-35-23)26-12-18(11-22(39-26)17-3-4-17)21-6-5-19(31)13-24(21)41-25(7-10-37-41)30(32,33)34/h5-7,10-14,16-17,36,38H,2-4,8-9,15H2,1H3. The topological polar surface area (TPSA) is 93.4 Å². The van der Waals surface area contributed by atoms with Crippen LogP contribution in [0.1, 0.15) is 62.0 Å². The summed E-state index contributed by atoms with van der Waals surface area (Å²) in [7, 11) is 0. The van der Waals surface area contributed by atoms with Crippen molar-refractivity contribution in [1.82, 2.24) is 34.6 Å². The summed E-state index contributed by atoms with van der Waals surface area (Å²) >= 11 is 0. The van der Waals surface area contributed by atoms with E-state index >= 15 is 0 Å². The van der Waals surface area contributed by atoms with E-state index in [9.17, 15) is 22.4 Å². The lowest BCUT2D eigenvalue weighted by Crippen LogP contribution is -2.47. The first-order valence-electron chi connectivity index (χ1n) is 13.9. The van der Waals surface area contributed by atoms with Crippen LogP contribution in [0.3, 0.4) is 0 Å². The van der Waals surface area contributed by atoms with Gasteiger partial charge in [-0.3, -0.25) is 4.79 Å². The minimum absolute atomic E-state index is 0.0752. The summed E-state index contributed by atoms with van der Waals surface area (Å²) in [5, 5.41) is 7.40. The molecule has 7 rings (SSSR count). The van der Waals surface area contributed by atoms with Gasteiger partial charge in [0.25, 0.3) is 5.56 Å². The molecule has 2 aliphatic carbocycles. The molecule has 0 aliphatic heterocycles. The Labute approximate surface area is 237 Å². The van der Waals surface area contributed by atoms with Gasteiger partial charge in [0.2, 0.25) is 0 Å². The van der Waals surface area contributed by atoms with Crippen molar-refractivity contribution in [3.05, 3.63) is 88.2 Å². The van der Waals surface area contributed by atoms with E-state index < -0.39 is 17.7 Å². The molecule has 4 aromatic heterocycles. The van der Waals surface area contributed by atoms with Crippen molar-refractivity contribution in [2.45, 2.75) is 63.2 Å². The van der Waals surface area contributed by atoms with Gasteiger partial charge in [0, 0.05) is 41.0 Å². The van der Waals surface area contributed by atoms with Gasteiger partial charge >= 0.3 is 6.18 Å². The second-order valence-electron chi connectivity index (χ2n) is 11.4. The third-order valence-corrected chi connectivity index (χ3v) is 8.27. The number of pyridine rings is 1. The average molecular weight is 578 g/mol. The van der Waals surface area contributed by atoms with Gasteiger partial charge in [0.05, 0.1) is 17.4 Å². The lowest BCUT2D eigenvalue weighted by Gasteiger charge is -2.39. The van der Waals surface area contributed by atoms with E-state index in [-0.39, 0.29) is 28.5 Å². The van der Waals surface area contributed by atoms with E-state index in [0.29, 0.717) is 39.1 Å². The summed E-state index contributed by atoms with van der Waals surface area (Å²) in [5.74, 6) is -0.272. The van der Waals surface area contributed by atoms with Gasteiger partial charge in [-0.1, -0.05) is 0 Å². The van der Waals surface area contributed by atoms with Gasteiger partial charge in [0.1, 0.15) is 29.2 Å². The molecule has 0 saturated heterocycles. The molecule has 4 heterocycles. The molecule has 0 atom stereocenters. The van der Waals surface area contributed by atoms with Crippen molar-refractivity contribution < 1.29 is 17.6 Å². The Balaban J connectivity index is 1.32. The molecule has 2 fully saturated rings. The van der Waals surface area contributed by atoms with Crippen LogP contribution in [0.2, 0.25) is 0 Å². The fourth-order valence-corrected chi connectivity index (χ4v) is 5.54. The predicted molar refractivity (Wildman–Crippen MR) is 148 cm³/mol. The molecule has 0 amide bonds. The second kappa shape index (κ2) is 9.62. The number of H-pyrrole nitrogens is 1. The maximum atomic E-state index is 14.4. The Morgan fingerprint density at radius 2 is 1.93 bits per heavy atom. The number of hydrogen-bond acceptors (Lipinski definition) is 5. The van der Waals surface area contributed by atoms with Gasteiger partial charge in [0.15, 0.2) is 0 Å². The van der Waals surface area contributed by atoms with E-state index in [1.165, 1.54) is 29.4 Å². The fourth-order valence-electron chi connectivity index (χ4n) is 5.54. The monoisotopic (exact) mass is 577 g/mol. The van der Waals surface area contributed by atoms with Crippen LogP contribution in [0.5, 0.6) is 0 Å². The van der Waals surface area contributed by atoms with Crippen LogP contribution >= 0.6 is 0 Å². The molecule has 2 N–H and O–H groups in total. The maximum Gasteiger partial charge on any atom is 0.433 e. The highest BCUT2D eigenvalue weighted by Crippen LogP contribution is 2.42. The summed E-state index contributed by atoms with van der Waals surface area (Å²) in [4.78, 5) is 26.1. The Morgan fingerprint density at radius 1 is 1.12 bits per heavy atom. The molecule has 8 nitrogen and oxygen atoms in total. The molecule has 0 bridgehead atoms. The molecular weight excluding hydrogens is 550 g/mol. The maximum absolute atomic E-state index is 14.4. The molecule has 0 spiro atoms. The van der Waals surface area contributed by atoms with Crippen LogP contribution in [-0.4, -0.2) is 34.8 Å². The van der Waals surface area contributed by atoms with Crippen molar-refractivity contribution in [2.75, 3.05) is 0 Å². The zero-order chi connectivity index (χ0) is 29.2. The van der Waals surface area contributed by atoms with Crippen LogP contribution in [0.25, 0.3) is 33.7 Å². The molecule has 5 aromatic rings. The van der Waals surface area contributed by atoms with E-state index in [1.54, 1.807) is 12.1 Å². The molecule has 1 aromatic carbocycles. The van der Waals surface area contributed by atoms with Gasteiger partial charge in [-0.05, 0) is 81.0 Å². The largest absolute Gasteiger partial charge is 0.433 e. The smallest absolute Gasteiger partial charge is 0.351 e. The van der Waals surface area contributed by atoms with E-state index in [0.717, 1.165) is 49.7 Å². The molecule has 12 heteroatoms. The molecule has 0 radical (unpaired) electrons. The van der Waals surface area contributed by atoms with Gasteiger partial charge in [-0.2, -0.15) is 18.3 Å². The van der Waals surface area contributed by atoms with Crippen molar-refractivity contribution in [3.63, 3.8) is 0 Å². The number of nitrogens with one attached hydrogen (secondary N) is 2. The van der Waals surface area contributed by atoms with E-state index in [2.05, 4.69) is 27.3 Å². The van der Waals surface area contributed by atoms with Gasteiger partial charge < -0.3 is 10.3 Å². The zero-order valence-electron chi connectivity index (χ0n) is 22.7. The fraction of sp³-hybridized carbons (Fsp3) is 0.333. The first-order chi connectivity index (χ1) is 20.1. The molecule has 0 unspecified atom stereocenters. The number of halogens is 4. The highest BCUT2D eigenvalue weighted by atomic mass is 19.4. The van der Waals surface area contributed by atoms with Crippen LogP contribution < -0.4 is 10.9 Å². The lowest BCUT2D eigenvalue weighted by molar-refractivity contribution is -0.142. The molecule has 2 aliphatic rings. The van der Waals surface area contributed by atoms with Crippen LogP contribution in [0, 0.1) is 5.82 Å². The third kappa shape index (κ3) is 4.79. The van der Waals surface area contributed by atoms with Crippen molar-refractivity contribution in [1.29, 1.82) is 0 Å². The number of alkyl halides is 3. The van der Waals surface area contributed by atoms with E-state index in [1.807, 2.05) is 6.07 Å². The predicted octanol–water partition coefficient (Wildman–Crippen LogP) is 6.03. The Hall–Kier alpha value is -4.32. The van der Waals surface area contributed by atoms with Crippen molar-refractivity contribution in [3.8, 4) is 22.6 Å². The quantitative estimate of drug-likeness (QED) is 0.231. The number of fused-ring (bicyclic) bond motifs is 1. The van der Waals surface area contributed by atoms with Crippen LogP contribution in [0.4, 0.5) is 17.6 Å². The lowest BCUT2D eigenvalue weighted by atomic mass is 9.78. The van der Waals surface area contributed by atoms with Crippen molar-refractivity contribution >= 4 is 11.0 Å². The molecule has 42 heavy (non-hydrogen) atoms. The summed E-state index contributed by atoms with van der Waals surface area (Å²) in [6.07, 6.45) is 2.96.